The van der Waals surface area contributed by atoms with E-state index in [4.69, 9.17) is 9.97 Å². The van der Waals surface area contributed by atoms with Crippen LogP contribution in [0.1, 0.15) is 50.7 Å². The molecule has 0 bridgehead atoms. The summed E-state index contributed by atoms with van der Waals surface area (Å²) in [4.78, 5) is 10.9. The number of hydrogen-bond acceptors (Lipinski definition) is 3. The molecule has 8 aromatic carbocycles. The van der Waals surface area contributed by atoms with E-state index in [-0.39, 0.29) is 38.7 Å². The maximum absolute atomic E-state index is 11.4. The van der Waals surface area contributed by atoms with E-state index in [9.17, 15) is 5.11 Å². The summed E-state index contributed by atoms with van der Waals surface area (Å²) in [6.45, 7) is 9.15. The van der Waals surface area contributed by atoms with E-state index in [0.717, 1.165) is 61.4 Å². The van der Waals surface area contributed by atoms with Crippen molar-refractivity contribution in [3.05, 3.63) is 193 Å². The Bertz CT molecular complexity index is 3350. The van der Waals surface area contributed by atoms with Crippen LogP contribution < -0.4 is 4.40 Å². The number of hydrogen-bond donors (Lipinski definition) is 1. The van der Waals surface area contributed by atoms with E-state index in [1.54, 1.807) is 6.07 Å². The number of fused-ring (bicyclic) bond motifs is 2. The molecule has 330 valence electrons. The SMILES string of the molecule is CC(C)c1cc(-c2ccccc2)cc(C(C)C)c1-n1c(-c2[c-]c(-c3cccc4c3nc(-c3ccccc3O)n4-c3cc[c]([Ge]([CH3])([CH3])[CH3])cc3-c3ccccc3)ccc2)nc2ccccc21.[Pt]. The fraction of sp³-hybridized carbons (Fsp3) is 0.153. The van der Waals surface area contributed by atoms with Gasteiger partial charge >= 0.3 is 232 Å². The fourth-order valence-electron chi connectivity index (χ4n) is 9.26. The maximum atomic E-state index is 11.4. The van der Waals surface area contributed by atoms with E-state index in [2.05, 4.69) is 212 Å². The first-order valence-corrected chi connectivity index (χ1v) is 30.0. The van der Waals surface area contributed by atoms with Crippen LogP contribution in [0.2, 0.25) is 17.3 Å². The van der Waals surface area contributed by atoms with Gasteiger partial charge in [0.25, 0.3) is 0 Å². The van der Waals surface area contributed by atoms with Crippen LogP contribution in [-0.2, 0) is 21.1 Å². The summed E-state index contributed by atoms with van der Waals surface area (Å²) in [5.41, 5.74) is 16.6. The third-order valence-corrected chi connectivity index (χ3v) is 16.9. The third kappa shape index (κ3) is 8.18. The van der Waals surface area contributed by atoms with Crippen molar-refractivity contribution in [3.63, 3.8) is 0 Å². The smallest absolute Gasteiger partial charge is 0.267 e. The number of phenolic OH excluding ortho intramolecular Hbond substituents is 1. The molecular formula is C59H53GeN4OPt-. The Kier molecular flexibility index (Phi) is 12.4. The molecule has 7 heteroatoms. The molecule has 0 aliphatic carbocycles. The van der Waals surface area contributed by atoms with Gasteiger partial charge in [0.1, 0.15) is 0 Å². The zero-order valence-corrected chi connectivity index (χ0v) is 42.8. The van der Waals surface area contributed by atoms with Crippen LogP contribution >= 0.6 is 0 Å². The Morgan fingerprint density at radius 3 is 1.77 bits per heavy atom. The van der Waals surface area contributed by atoms with Crippen LogP contribution in [0.5, 0.6) is 5.75 Å². The molecule has 0 radical (unpaired) electrons. The summed E-state index contributed by atoms with van der Waals surface area (Å²) in [7, 11) is 0. The number of imidazole rings is 2. The van der Waals surface area contributed by atoms with E-state index in [1.165, 1.54) is 32.3 Å². The van der Waals surface area contributed by atoms with Crippen molar-refractivity contribution in [3.8, 4) is 73.3 Å². The average molecular weight is 1100 g/mol. The van der Waals surface area contributed by atoms with Crippen molar-refractivity contribution >= 4 is 39.7 Å². The van der Waals surface area contributed by atoms with Gasteiger partial charge in [0.2, 0.25) is 0 Å². The van der Waals surface area contributed by atoms with Gasteiger partial charge in [-0.15, -0.1) is 0 Å². The molecular weight excluding hydrogens is 1050 g/mol. The predicted molar refractivity (Wildman–Crippen MR) is 275 cm³/mol. The summed E-state index contributed by atoms with van der Waals surface area (Å²) in [5.74, 6) is 9.49. The molecule has 5 nitrogen and oxygen atoms in total. The molecule has 0 saturated heterocycles. The summed E-state index contributed by atoms with van der Waals surface area (Å²) in [6, 6.07) is 65.6. The fourth-order valence-corrected chi connectivity index (χ4v) is 11.7. The minimum absolute atomic E-state index is 0. The number of para-hydroxylation sites is 4. The standard InChI is InChI=1S/C59H53GeN4O.Pt/c1-38(2)48-35-44(40-20-10-8-11-21-40)36-49(39(3)4)57(48)64-53-29-16-15-28-51(53)61-58(64)43-25-18-24-42(34-43)46-27-19-30-54-56(46)62-59(47-26-14-17-31-55(47)65)63(54)52-33-32-45(60(5,6)7)37-50(52)41-22-12-9-13-23-41;/h8-33,35-39,65H,1-7H3;/q-1;. The van der Waals surface area contributed by atoms with Crippen LogP contribution in [0.3, 0.4) is 0 Å². The van der Waals surface area contributed by atoms with E-state index >= 15 is 0 Å². The van der Waals surface area contributed by atoms with Crippen molar-refractivity contribution in [2.45, 2.75) is 56.8 Å². The molecule has 0 aliphatic rings. The topological polar surface area (TPSA) is 55.9 Å². The van der Waals surface area contributed by atoms with Gasteiger partial charge in [-0.2, -0.15) is 0 Å². The van der Waals surface area contributed by atoms with Crippen molar-refractivity contribution < 1.29 is 26.2 Å². The molecule has 66 heavy (non-hydrogen) atoms. The minimum atomic E-state index is -2.25. The molecule has 2 aromatic heterocycles. The summed E-state index contributed by atoms with van der Waals surface area (Å²) < 4.78 is 6.04. The van der Waals surface area contributed by atoms with Gasteiger partial charge in [-0.1, -0.05) is 70.2 Å². The summed E-state index contributed by atoms with van der Waals surface area (Å²) >= 11 is -2.25. The number of aromatic nitrogens is 4. The number of nitrogens with zero attached hydrogens (tertiary/aromatic N) is 4. The van der Waals surface area contributed by atoms with E-state index in [0.29, 0.717) is 11.4 Å². The molecule has 10 rings (SSSR count). The predicted octanol–water partition coefficient (Wildman–Crippen LogP) is 15.0. The van der Waals surface area contributed by atoms with Gasteiger partial charge in [0, 0.05) is 26.8 Å². The number of rotatable bonds is 10. The Hall–Kier alpha value is -6.27. The molecule has 1 N–H and O–H groups in total. The van der Waals surface area contributed by atoms with Crippen LogP contribution in [0.25, 0.3) is 89.6 Å². The zero-order valence-electron chi connectivity index (χ0n) is 38.5. The number of benzene rings is 8. The second kappa shape index (κ2) is 18.2. The summed E-state index contributed by atoms with van der Waals surface area (Å²) in [5, 5.41) is 11.4. The Balaban J connectivity index is 0.00000548. The quantitative estimate of drug-likeness (QED) is 0.110. The first-order chi connectivity index (χ1) is 31.5. The molecule has 0 atom stereocenters. The monoisotopic (exact) mass is 1100 g/mol. The van der Waals surface area contributed by atoms with Crippen molar-refractivity contribution in [1.29, 1.82) is 0 Å². The zero-order chi connectivity index (χ0) is 45.0. The first kappa shape index (κ1) is 44.9. The Morgan fingerprint density at radius 1 is 0.500 bits per heavy atom. The van der Waals surface area contributed by atoms with Gasteiger partial charge < -0.3 is 4.57 Å². The van der Waals surface area contributed by atoms with Gasteiger partial charge in [-0.3, -0.25) is 4.98 Å². The van der Waals surface area contributed by atoms with Crippen molar-refractivity contribution in [2.75, 3.05) is 0 Å². The molecule has 0 fully saturated rings. The molecule has 2 heterocycles. The van der Waals surface area contributed by atoms with Gasteiger partial charge in [-0.25, -0.2) is 0 Å². The van der Waals surface area contributed by atoms with Crippen LogP contribution in [-0.4, -0.2) is 37.5 Å². The number of phenols is 1. The Morgan fingerprint density at radius 2 is 1.09 bits per heavy atom. The first-order valence-electron chi connectivity index (χ1n) is 22.7. The van der Waals surface area contributed by atoms with Crippen molar-refractivity contribution in [1.82, 2.24) is 19.1 Å². The van der Waals surface area contributed by atoms with Crippen molar-refractivity contribution in [2.24, 2.45) is 0 Å². The van der Waals surface area contributed by atoms with E-state index < -0.39 is 13.3 Å². The third-order valence-electron chi connectivity index (χ3n) is 12.6. The second-order valence-electron chi connectivity index (χ2n) is 18.7. The van der Waals surface area contributed by atoms with Crippen LogP contribution in [0, 0.1) is 6.07 Å². The van der Waals surface area contributed by atoms with Gasteiger partial charge in [0.15, 0.2) is 0 Å². The molecule has 0 spiro atoms. The van der Waals surface area contributed by atoms with Crippen LogP contribution in [0.15, 0.2) is 176 Å². The van der Waals surface area contributed by atoms with Gasteiger partial charge in [0.05, 0.1) is 11.0 Å². The average Bonchev–Trinajstić information content (AvgIpc) is 3.90. The molecule has 0 aliphatic heterocycles. The molecule has 10 aromatic rings. The van der Waals surface area contributed by atoms with Gasteiger partial charge in [-0.05, 0) is 58.4 Å². The minimum Gasteiger partial charge on any atom is -0.267 e. The number of aromatic hydroxyl groups is 1. The van der Waals surface area contributed by atoms with E-state index in [1.807, 2.05) is 18.2 Å². The summed E-state index contributed by atoms with van der Waals surface area (Å²) in [6.07, 6.45) is 0. The van der Waals surface area contributed by atoms with Crippen LogP contribution in [0.4, 0.5) is 0 Å². The molecule has 0 saturated carbocycles. The normalized spacial score (nSPS) is 11.8. The molecule has 0 amide bonds. The Labute approximate surface area is 405 Å². The molecule has 0 unspecified atom stereocenters. The second-order valence-corrected chi connectivity index (χ2v) is 29.4.